The SMILES string of the molecule is O=C(CCCc1nc2ccccc2c(=O)[nH]1)Nc1ccc(N2CCOCC2)c(F)c1. The van der Waals surface area contributed by atoms with Crippen molar-refractivity contribution in [2.75, 3.05) is 36.5 Å². The van der Waals surface area contributed by atoms with Crippen LogP contribution in [0.3, 0.4) is 0 Å². The first-order valence-electron chi connectivity index (χ1n) is 10.0. The first kappa shape index (κ1) is 20.0. The number of rotatable bonds is 6. The Hall–Kier alpha value is -3.26. The van der Waals surface area contributed by atoms with E-state index in [1.54, 1.807) is 30.3 Å². The van der Waals surface area contributed by atoms with E-state index in [9.17, 15) is 14.0 Å². The number of aryl methyl sites for hydroxylation is 1. The number of anilines is 2. The van der Waals surface area contributed by atoms with Gasteiger partial charge in [-0.1, -0.05) is 12.1 Å². The molecule has 8 heteroatoms. The van der Waals surface area contributed by atoms with Gasteiger partial charge in [0.25, 0.3) is 5.56 Å². The summed E-state index contributed by atoms with van der Waals surface area (Å²) < 4.78 is 19.7. The zero-order valence-electron chi connectivity index (χ0n) is 16.5. The van der Waals surface area contributed by atoms with Crippen LogP contribution in [0.2, 0.25) is 0 Å². The number of hydrogen-bond donors (Lipinski definition) is 2. The number of morpholine rings is 1. The number of para-hydroxylation sites is 1. The Morgan fingerprint density at radius 3 is 2.80 bits per heavy atom. The lowest BCUT2D eigenvalue weighted by atomic mass is 10.2. The molecule has 1 saturated heterocycles. The molecule has 1 aliphatic heterocycles. The van der Waals surface area contributed by atoms with Crippen LogP contribution in [0.25, 0.3) is 10.9 Å². The van der Waals surface area contributed by atoms with E-state index in [0.29, 0.717) is 67.2 Å². The van der Waals surface area contributed by atoms with E-state index in [2.05, 4.69) is 15.3 Å². The summed E-state index contributed by atoms with van der Waals surface area (Å²) in [5.41, 5.74) is 1.39. The molecule has 7 nitrogen and oxygen atoms in total. The Bertz CT molecular complexity index is 1110. The number of carbonyl (C=O) groups excluding carboxylic acids is 1. The minimum Gasteiger partial charge on any atom is -0.378 e. The zero-order chi connectivity index (χ0) is 20.9. The van der Waals surface area contributed by atoms with Gasteiger partial charge in [0.15, 0.2) is 0 Å². The third-order valence-electron chi connectivity index (χ3n) is 5.06. The van der Waals surface area contributed by atoms with Crippen molar-refractivity contribution >= 4 is 28.2 Å². The molecule has 1 fully saturated rings. The highest BCUT2D eigenvalue weighted by Crippen LogP contribution is 2.24. The summed E-state index contributed by atoms with van der Waals surface area (Å²) in [6, 6.07) is 11.9. The van der Waals surface area contributed by atoms with Crippen LogP contribution in [0.5, 0.6) is 0 Å². The Balaban J connectivity index is 1.32. The number of aromatic nitrogens is 2. The van der Waals surface area contributed by atoms with Crippen LogP contribution in [0, 0.1) is 5.82 Å². The Morgan fingerprint density at radius 1 is 1.20 bits per heavy atom. The van der Waals surface area contributed by atoms with Gasteiger partial charge < -0.3 is 19.9 Å². The molecule has 0 bridgehead atoms. The summed E-state index contributed by atoms with van der Waals surface area (Å²) in [4.78, 5) is 33.4. The second-order valence-corrected chi connectivity index (χ2v) is 7.20. The highest BCUT2D eigenvalue weighted by atomic mass is 19.1. The molecule has 3 aromatic rings. The maximum absolute atomic E-state index is 14.4. The van der Waals surface area contributed by atoms with Gasteiger partial charge in [-0.2, -0.15) is 0 Å². The highest BCUT2D eigenvalue weighted by molar-refractivity contribution is 5.90. The van der Waals surface area contributed by atoms with Crippen molar-refractivity contribution in [3.05, 3.63) is 64.5 Å². The number of benzene rings is 2. The van der Waals surface area contributed by atoms with Crippen molar-refractivity contribution in [2.45, 2.75) is 19.3 Å². The fraction of sp³-hybridized carbons (Fsp3) is 0.318. The van der Waals surface area contributed by atoms with Crippen molar-refractivity contribution in [3.8, 4) is 0 Å². The molecule has 156 valence electrons. The number of aromatic amines is 1. The number of H-pyrrole nitrogens is 1. The van der Waals surface area contributed by atoms with E-state index < -0.39 is 0 Å². The minimum absolute atomic E-state index is 0.184. The molecule has 2 heterocycles. The number of halogens is 1. The van der Waals surface area contributed by atoms with Crippen LogP contribution < -0.4 is 15.8 Å². The van der Waals surface area contributed by atoms with Gasteiger partial charge in [0.1, 0.15) is 11.6 Å². The average molecular weight is 410 g/mol. The van der Waals surface area contributed by atoms with Gasteiger partial charge in [-0.15, -0.1) is 0 Å². The van der Waals surface area contributed by atoms with Crippen LogP contribution in [0.4, 0.5) is 15.8 Å². The van der Waals surface area contributed by atoms with Crippen molar-refractivity contribution in [2.24, 2.45) is 0 Å². The molecule has 2 N–H and O–H groups in total. The Labute approximate surface area is 172 Å². The highest BCUT2D eigenvalue weighted by Gasteiger charge is 2.16. The van der Waals surface area contributed by atoms with Gasteiger partial charge in [0, 0.05) is 31.6 Å². The Kier molecular flexibility index (Phi) is 6.04. The molecule has 0 unspecified atom stereocenters. The van der Waals surface area contributed by atoms with Crippen LogP contribution in [-0.4, -0.2) is 42.2 Å². The average Bonchev–Trinajstić information content (AvgIpc) is 2.74. The van der Waals surface area contributed by atoms with Gasteiger partial charge in [-0.3, -0.25) is 9.59 Å². The fourth-order valence-corrected chi connectivity index (χ4v) is 3.54. The smallest absolute Gasteiger partial charge is 0.258 e. The summed E-state index contributed by atoms with van der Waals surface area (Å²) in [6.07, 6.45) is 1.22. The maximum Gasteiger partial charge on any atom is 0.258 e. The maximum atomic E-state index is 14.4. The quantitative estimate of drug-likeness (QED) is 0.653. The molecule has 0 radical (unpaired) electrons. The van der Waals surface area contributed by atoms with Crippen LogP contribution >= 0.6 is 0 Å². The molecule has 0 spiro atoms. The van der Waals surface area contributed by atoms with Gasteiger partial charge >= 0.3 is 0 Å². The van der Waals surface area contributed by atoms with Gasteiger partial charge in [0.05, 0.1) is 29.8 Å². The Morgan fingerprint density at radius 2 is 2.00 bits per heavy atom. The summed E-state index contributed by atoms with van der Waals surface area (Å²) in [5.74, 6) is -0.0308. The van der Waals surface area contributed by atoms with Crippen LogP contribution in [0.1, 0.15) is 18.7 Å². The van der Waals surface area contributed by atoms with Crippen molar-refractivity contribution in [1.29, 1.82) is 0 Å². The lowest BCUT2D eigenvalue weighted by Crippen LogP contribution is -2.36. The van der Waals surface area contributed by atoms with Crippen molar-refractivity contribution in [3.63, 3.8) is 0 Å². The van der Waals surface area contributed by atoms with Crippen LogP contribution in [-0.2, 0) is 16.0 Å². The lowest BCUT2D eigenvalue weighted by molar-refractivity contribution is -0.116. The van der Waals surface area contributed by atoms with Crippen molar-refractivity contribution < 1.29 is 13.9 Å². The second-order valence-electron chi connectivity index (χ2n) is 7.20. The summed E-state index contributed by atoms with van der Waals surface area (Å²) in [7, 11) is 0. The number of amides is 1. The standard InChI is InChI=1S/C22H23FN4O3/c23-17-14-15(8-9-19(17)27-10-12-30-13-11-27)24-21(28)7-3-6-20-25-18-5-2-1-4-16(18)22(29)26-20/h1-2,4-5,8-9,14H,3,6-7,10-13H2,(H,24,28)(H,25,26,29). The number of carbonyl (C=O) groups is 1. The molecule has 0 saturated carbocycles. The zero-order valence-corrected chi connectivity index (χ0v) is 16.5. The number of nitrogens with one attached hydrogen (secondary N) is 2. The summed E-state index contributed by atoms with van der Waals surface area (Å²) >= 11 is 0. The summed E-state index contributed by atoms with van der Waals surface area (Å²) in [5, 5.41) is 3.27. The molecule has 1 aromatic heterocycles. The van der Waals surface area contributed by atoms with E-state index in [1.165, 1.54) is 6.07 Å². The molecule has 0 atom stereocenters. The van der Waals surface area contributed by atoms with E-state index in [1.807, 2.05) is 11.0 Å². The normalized spacial score (nSPS) is 14.1. The summed E-state index contributed by atoms with van der Waals surface area (Å²) in [6.45, 7) is 2.45. The second kappa shape index (κ2) is 9.04. The molecule has 30 heavy (non-hydrogen) atoms. The molecular weight excluding hydrogens is 387 g/mol. The molecular formula is C22H23FN4O3. The molecule has 4 rings (SSSR count). The number of nitrogens with zero attached hydrogens (tertiary/aromatic N) is 2. The largest absolute Gasteiger partial charge is 0.378 e. The minimum atomic E-state index is -0.368. The number of ether oxygens (including phenoxy) is 1. The molecule has 1 amide bonds. The van der Waals surface area contributed by atoms with E-state index >= 15 is 0 Å². The molecule has 1 aliphatic rings. The monoisotopic (exact) mass is 410 g/mol. The van der Waals surface area contributed by atoms with E-state index in [-0.39, 0.29) is 23.7 Å². The number of fused-ring (bicyclic) bond motifs is 1. The van der Waals surface area contributed by atoms with E-state index in [4.69, 9.17) is 4.74 Å². The van der Waals surface area contributed by atoms with Crippen molar-refractivity contribution in [1.82, 2.24) is 9.97 Å². The third-order valence-corrected chi connectivity index (χ3v) is 5.06. The molecule has 0 aliphatic carbocycles. The van der Waals surface area contributed by atoms with Gasteiger partial charge in [-0.25, -0.2) is 9.37 Å². The lowest BCUT2D eigenvalue weighted by Gasteiger charge is -2.29. The third kappa shape index (κ3) is 4.65. The van der Waals surface area contributed by atoms with E-state index in [0.717, 1.165) is 0 Å². The van der Waals surface area contributed by atoms with Gasteiger partial charge in [-0.05, 0) is 36.8 Å². The van der Waals surface area contributed by atoms with Crippen LogP contribution in [0.15, 0.2) is 47.3 Å². The number of hydrogen-bond acceptors (Lipinski definition) is 5. The first-order valence-corrected chi connectivity index (χ1v) is 10.0. The fourth-order valence-electron chi connectivity index (χ4n) is 3.54. The molecule has 2 aromatic carbocycles. The first-order chi connectivity index (χ1) is 14.6. The predicted octanol–water partition coefficient (Wildman–Crippen LogP) is 2.86. The predicted molar refractivity (Wildman–Crippen MR) is 113 cm³/mol. The van der Waals surface area contributed by atoms with Gasteiger partial charge in [0.2, 0.25) is 5.91 Å². The topological polar surface area (TPSA) is 87.3 Å².